The zero-order valence-electron chi connectivity index (χ0n) is 20.4. The number of hydrogen-bond donors (Lipinski definition) is 3. The molecule has 10 nitrogen and oxygen atoms in total. The van der Waals surface area contributed by atoms with Crippen molar-refractivity contribution in [3.05, 3.63) is 59.7 Å². The second-order valence-electron chi connectivity index (χ2n) is 8.77. The van der Waals surface area contributed by atoms with Crippen LogP contribution < -0.4 is 15.4 Å². The van der Waals surface area contributed by atoms with Crippen molar-refractivity contribution in [3.63, 3.8) is 0 Å². The summed E-state index contributed by atoms with van der Waals surface area (Å²) in [6, 6.07) is 5.39. The molecule has 0 radical (unpaired) electrons. The minimum atomic E-state index is -1.92. The topological polar surface area (TPSA) is 142 Å². The van der Waals surface area contributed by atoms with E-state index in [1.807, 2.05) is 0 Å². The molecule has 0 aliphatic heterocycles. The number of para-hydroxylation sites is 1. The van der Waals surface area contributed by atoms with Crippen molar-refractivity contribution >= 4 is 35.3 Å². The van der Waals surface area contributed by atoms with Crippen molar-refractivity contribution in [1.82, 2.24) is 10.2 Å². The van der Waals surface area contributed by atoms with Crippen LogP contribution >= 0.6 is 0 Å². The fourth-order valence-electron chi connectivity index (χ4n) is 3.85. The molecule has 1 aliphatic carbocycles. The number of carboxylic acids is 1. The van der Waals surface area contributed by atoms with E-state index in [1.165, 1.54) is 0 Å². The summed E-state index contributed by atoms with van der Waals surface area (Å²) in [7, 11) is 1.14. The van der Waals surface area contributed by atoms with E-state index in [-0.39, 0.29) is 18.9 Å². The van der Waals surface area contributed by atoms with Crippen LogP contribution in [0.25, 0.3) is 0 Å². The van der Waals surface area contributed by atoms with E-state index in [9.17, 15) is 46.6 Å². The van der Waals surface area contributed by atoms with Gasteiger partial charge in [0.1, 0.15) is 18.1 Å². The first-order chi connectivity index (χ1) is 18.4. The first-order valence-electron chi connectivity index (χ1n) is 11.5. The van der Waals surface area contributed by atoms with Gasteiger partial charge in [-0.2, -0.15) is 8.78 Å². The predicted molar refractivity (Wildman–Crippen MR) is 125 cm³/mol. The molecule has 39 heavy (non-hydrogen) atoms. The number of aliphatic carboxylic acids is 1. The van der Waals surface area contributed by atoms with Gasteiger partial charge in [0.25, 0.3) is 0 Å². The molecule has 4 amide bonds. The Morgan fingerprint density at radius 2 is 1.62 bits per heavy atom. The Labute approximate surface area is 218 Å². The molecule has 0 saturated heterocycles. The summed E-state index contributed by atoms with van der Waals surface area (Å²) >= 11 is 0. The summed E-state index contributed by atoms with van der Waals surface area (Å²) in [6.45, 7) is -1.27. The summed E-state index contributed by atoms with van der Waals surface area (Å²) in [5.74, 6) is -13.7. The van der Waals surface area contributed by atoms with Gasteiger partial charge in [0.2, 0.25) is 23.4 Å². The molecular formula is C25H23F4N3O7. The van der Waals surface area contributed by atoms with E-state index in [0.29, 0.717) is 17.0 Å². The number of Topliss-reactive ketones (excluding diaryl/α,β-unsaturated/α-hetero) is 1. The van der Waals surface area contributed by atoms with Gasteiger partial charge < -0.3 is 20.5 Å². The van der Waals surface area contributed by atoms with Gasteiger partial charge in [0.15, 0.2) is 23.2 Å². The Morgan fingerprint density at radius 1 is 1.03 bits per heavy atom. The molecule has 0 spiro atoms. The number of ketones is 1. The number of ether oxygens (including phenoxy) is 1. The lowest BCUT2D eigenvalue weighted by atomic mass is 9.67. The molecule has 14 heteroatoms. The molecule has 3 N–H and O–H groups in total. The number of imide groups is 1. The Morgan fingerprint density at radius 3 is 2.13 bits per heavy atom. The first-order valence-corrected chi connectivity index (χ1v) is 11.5. The fourth-order valence-corrected chi connectivity index (χ4v) is 3.85. The number of halogens is 4. The zero-order chi connectivity index (χ0) is 28.9. The summed E-state index contributed by atoms with van der Waals surface area (Å²) in [6.07, 6.45) is -0.614. The number of benzene rings is 2. The Bertz CT molecular complexity index is 1280. The number of urea groups is 1. The van der Waals surface area contributed by atoms with Crippen molar-refractivity contribution in [2.24, 2.45) is 5.41 Å². The molecule has 208 valence electrons. The highest BCUT2D eigenvalue weighted by atomic mass is 19.2. The molecule has 0 heterocycles. The third-order valence-electron chi connectivity index (χ3n) is 6.19. The monoisotopic (exact) mass is 553 g/mol. The van der Waals surface area contributed by atoms with Crippen molar-refractivity contribution in [1.29, 1.82) is 0 Å². The number of nitrogens with zero attached hydrogens (tertiary/aromatic N) is 1. The maximum absolute atomic E-state index is 13.8. The standard InChI is InChI=1S/C25H23F4N3O7/c1-32(24(38)30-13-6-3-2-4-7-13)23(37)25(8-5-9-25)22(36)31-16(11-18(34)35)17(33)12-39-21-19(28)14(26)10-15(27)20(21)29/h2-4,6-7,10,16H,5,8-9,11-12H2,1H3,(H,30,38)(H,31,36)(H,34,35). The number of carboxylic acid groups (broad SMARTS) is 1. The van der Waals surface area contributed by atoms with E-state index < -0.39 is 83.1 Å². The maximum atomic E-state index is 13.8. The van der Waals surface area contributed by atoms with Crippen LogP contribution in [0.5, 0.6) is 5.75 Å². The van der Waals surface area contributed by atoms with E-state index in [1.54, 1.807) is 30.3 Å². The molecular weight excluding hydrogens is 530 g/mol. The zero-order valence-corrected chi connectivity index (χ0v) is 20.4. The Balaban J connectivity index is 1.73. The van der Waals surface area contributed by atoms with Gasteiger partial charge in [-0.25, -0.2) is 13.6 Å². The number of amides is 4. The van der Waals surface area contributed by atoms with Crippen molar-refractivity contribution in [2.75, 3.05) is 19.0 Å². The van der Waals surface area contributed by atoms with Gasteiger partial charge in [-0.15, -0.1) is 0 Å². The third kappa shape index (κ3) is 6.33. The van der Waals surface area contributed by atoms with Crippen LogP contribution in [-0.4, -0.2) is 59.3 Å². The van der Waals surface area contributed by atoms with Crippen molar-refractivity contribution < 1.29 is 51.4 Å². The highest BCUT2D eigenvalue weighted by molar-refractivity contribution is 6.13. The average molecular weight is 553 g/mol. The summed E-state index contributed by atoms with van der Waals surface area (Å²) in [5, 5.41) is 13.8. The van der Waals surface area contributed by atoms with Gasteiger partial charge in [-0.1, -0.05) is 24.6 Å². The maximum Gasteiger partial charge on any atom is 0.328 e. The van der Waals surface area contributed by atoms with E-state index in [2.05, 4.69) is 15.4 Å². The number of rotatable bonds is 10. The number of carbonyl (C=O) groups is 5. The molecule has 3 rings (SSSR count). The summed E-state index contributed by atoms with van der Waals surface area (Å²) in [5.41, 5.74) is -1.41. The van der Waals surface area contributed by atoms with Gasteiger partial charge in [0.05, 0.1) is 6.42 Å². The van der Waals surface area contributed by atoms with Gasteiger partial charge in [-0.3, -0.25) is 24.1 Å². The van der Waals surface area contributed by atoms with Gasteiger partial charge in [0, 0.05) is 18.8 Å². The number of nitrogens with one attached hydrogen (secondary N) is 2. The van der Waals surface area contributed by atoms with Crippen LogP contribution in [0.2, 0.25) is 0 Å². The van der Waals surface area contributed by atoms with E-state index in [4.69, 9.17) is 0 Å². The first kappa shape index (κ1) is 29.1. The molecule has 2 aromatic rings. The highest BCUT2D eigenvalue weighted by Crippen LogP contribution is 2.43. The van der Waals surface area contributed by atoms with Crippen LogP contribution in [-0.2, 0) is 19.2 Å². The number of anilines is 1. The molecule has 0 bridgehead atoms. The SMILES string of the molecule is CN(C(=O)Nc1ccccc1)C(=O)C1(C(=O)NC(CC(=O)O)C(=O)COc2c(F)c(F)cc(F)c2F)CCC1. The van der Waals surface area contributed by atoms with Crippen LogP contribution in [0.3, 0.4) is 0 Å². The highest BCUT2D eigenvalue weighted by Gasteiger charge is 2.53. The largest absolute Gasteiger partial charge is 0.481 e. The third-order valence-corrected chi connectivity index (χ3v) is 6.19. The number of hydrogen-bond acceptors (Lipinski definition) is 6. The smallest absolute Gasteiger partial charge is 0.328 e. The quantitative estimate of drug-likeness (QED) is 0.233. The molecule has 0 aromatic heterocycles. The molecule has 1 atom stereocenters. The average Bonchev–Trinajstić information content (AvgIpc) is 2.86. The molecule has 1 aliphatic rings. The minimum absolute atomic E-state index is 0.00982. The normalized spacial score (nSPS) is 14.4. The second-order valence-corrected chi connectivity index (χ2v) is 8.77. The molecule has 1 fully saturated rings. The number of carbonyl (C=O) groups excluding carboxylic acids is 4. The van der Waals surface area contributed by atoms with Crippen LogP contribution in [0.1, 0.15) is 25.7 Å². The van der Waals surface area contributed by atoms with Crippen LogP contribution in [0.4, 0.5) is 28.0 Å². The predicted octanol–water partition coefficient (Wildman–Crippen LogP) is 3.01. The minimum Gasteiger partial charge on any atom is -0.481 e. The summed E-state index contributed by atoms with van der Waals surface area (Å²) < 4.78 is 59.0. The van der Waals surface area contributed by atoms with Crippen LogP contribution in [0, 0.1) is 28.7 Å². The lowest BCUT2D eigenvalue weighted by molar-refractivity contribution is -0.155. The fraction of sp³-hybridized carbons (Fsp3) is 0.320. The van der Waals surface area contributed by atoms with Gasteiger partial charge in [-0.05, 0) is 25.0 Å². The van der Waals surface area contributed by atoms with E-state index in [0.717, 1.165) is 7.05 Å². The Kier molecular flexibility index (Phi) is 8.89. The van der Waals surface area contributed by atoms with Gasteiger partial charge >= 0.3 is 12.0 Å². The molecule has 1 saturated carbocycles. The molecule has 1 unspecified atom stereocenters. The Hall–Kier alpha value is -4.49. The lowest BCUT2D eigenvalue weighted by Crippen LogP contribution is -2.59. The van der Waals surface area contributed by atoms with E-state index >= 15 is 0 Å². The van der Waals surface area contributed by atoms with Crippen molar-refractivity contribution in [2.45, 2.75) is 31.7 Å². The lowest BCUT2D eigenvalue weighted by Gasteiger charge is -2.41. The second kappa shape index (κ2) is 11.9. The summed E-state index contributed by atoms with van der Waals surface area (Å²) in [4.78, 5) is 63.5. The van der Waals surface area contributed by atoms with Crippen molar-refractivity contribution in [3.8, 4) is 5.75 Å². The van der Waals surface area contributed by atoms with Crippen LogP contribution in [0.15, 0.2) is 36.4 Å². The molecule has 2 aromatic carbocycles.